The third kappa shape index (κ3) is 4.71. The van der Waals surface area contributed by atoms with Gasteiger partial charge in [-0.25, -0.2) is 0 Å². The van der Waals surface area contributed by atoms with Crippen LogP contribution in [0.4, 0.5) is 0 Å². The number of nitrogens with one attached hydrogen (secondary N) is 1. The number of benzene rings is 1. The quantitative estimate of drug-likeness (QED) is 0.840. The molecule has 2 rings (SSSR count). The van der Waals surface area contributed by atoms with Crippen molar-refractivity contribution >= 4 is 30.1 Å². The summed E-state index contributed by atoms with van der Waals surface area (Å²) in [5, 5.41) is 3.00. The van der Waals surface area contributed by atoms with Gasteiger partial charge in [0.15, 0.2) is 0 Å². The SMILES string of the molecule is CSc1ccc(CNC(=O)C2CCC(N)C2)cc1.Cl. The zero-order valence-electron chi connectivity index (χ0n) is 11.1. The van der Waals surface area contributed by atoms with Crippen molar-refractivity contribution in [2.45, 2.75) is 36.7 Å². The molecule has 1 aliphatic carbocycles. The molecule has 106 valence electrons. The predicted octanol–water partition coefficient (Wildman–Crippen LogP) is 2.57. The lowest BCUT2D eigenvalue weighted by Gasteiger charge is -2.11. The van der Waals surface area contributed by atoms with Crippen LogP contribution < -0.4 is 11.1 Å². The lowest BCUT2D eigenvalue weighted by molar-refractivity contribution is -0.125. The molecule has 1 aliphatic rings. The van der Waals surface area contributed by atoms with E-state index in [0.717, 1.165) is 24.8 Å². The van der Waals surface area contributed by atoms with E-state index >= 15 is 0 Å². The highest BCUT2D eigenvalue weighted by molar-refractivity contribution is 7.98. The summed E-state index contributed by atoms with van der Waals surface area (Å²) in [7, 11) is 0. The molecule has 2 atom stereocenters. The third-order valence-corrected chi connectivity index (χ3v) is 4.21. The first-order valence-electron chi connectivity index (χ1n) is 6.35. The van der Waals surface area contributed by atoms with E-state index in [4.69, 9.17) is 5.73 Å². The van der Waals surface area contributed by atoms with Crippen LogP contribution >= 0.6 is 24.2 Å². The standard InChI is InChI=1S/C14H20N2OS.ClH/c1-18-13-6-2-10(3-7-13)9-16-14(17)11-4-5-12(15)8-11;/h2-3,6-7,11-12H,4-5,8-9,15H2,1H3,(H,16,17);1H. The van der Waals surface area contributed by atoms with Gasteiger partial charge in [-0.15, -0.1) is 24.2 Å². The normalized spacial score (nSPS) is 21.8. The summed E-state index contributed by atoms with van der Waals surface area (Å²) < 4.78 is 0. The first-order chi connectivity index (χ1) is 8.69. The molecule has 19 heavy (non-hydrogen) atoms. The lowest BCUT2D eigenvalue weighted by Crippen LogP contribution is -2.29. The molecule has 0 spiro atoms. The molecule has 3 N–H and O–H groups in total. The van der Waals surface area contributed by atoms with Crippen LogP contribution in [0.2, 0.25) is 0 Å². The van der Waals surface area contributed by atoms with E-state index in [-0.39, 0.29) is 30.3 Å². The molecule has 2 unspecified atom stereocenters. The summed E-state index contributed by atoms with van der Waals surface area (Å²) in [4.78, 5) is 13.2. The molecule has 5 heteroatoms. The van der Waals surface area contributed by atoms with E-state index in [1.165, 1.54) is 4.90 Å². The molecule has 1 saturated carbocycles. The van der Waals surface area contributed by atoms with Crippen LogP contribution in [0.5, 0.6) is 0 Å². The van der Waals surface area contributed by atoms with Gasteiger partial charge in [-0.05, 0) is 43.2 Å². The van der Waals surface area contributed by atoms with E-state index < -0.39 is 0 Å². The number of hydrogen-bond acceptors (Lipinski definition) is 3. The Hall–Kier alpha value is -0.710. The van der Waals surface area contributed by atoms with Crippen molar-refractivity contribution in [2.24, 2.45) is 11.7 Å². The van der Waals surface area contributed by atoms with Crippen molar-refractivity contribution in [2.75, 3.05) is 6.26 Å². The van der Waals surface area contributed by atoms with Gasteiger partial charge < -0.3 is 11.1 Å². The molecule has 0 radical (unpaired) electrons. The van der Waals surface area contributed by atoms with Crippen LogP contribution in [0.1, 0.15) is 24.8 Å². The van der Waals surface area contributed by atoms with Gasteiger partial charge in [-0.1, -0.05) is 12.1 Å². The Balaban J connectivity index is 0.00000180. The smallest absolute Gasteiger partial charge is 0.223 e. The maximum atomic E-state index is 11.9. The maximum Gasteiger partial charge on any atom is 0.223 e. The molecule has 0 heterocycles. The molecule has 1 amide bonds. The van der Waals surface area contributed by atoms with Crippen molar-refractivity contribution in [1.29, 1.82) is 0 Å². The lowest BCUT2D eigenvalue weighted by atomic mass is 10.1. The summed E-state index contributed by atoms with van der Waals surface area (Å²) >= 11 is 1.72. The summed E-state index contributed by atoms with van der Waals surface area (Å²) in [5.41, 5.74) is 6.96. The van der Waals surface area contributed by atoms with Gasteiger partial charge in [0.05, 0.1) is 0 Å². The van der Waals surface area contributed by atoms with Crippen LogP contribution in [-0.4, -0.2) is 18.2 Å². The Labute approximate surface area is 125 Å². The summed E-state index contributed by atoms with van der Waals surface area (Å²) in [6.07, 6.45) is 4.79. The van der Waals surface area contributed by atoms with Crippen LogP contribution in [0.3, 0.4) is 0 Å². The fourth-order valence-electron chi connectivity index (χ4n) is 2.33. The second-order valence-electron chi connectivity index (χ2n) is 4.84. The predicted molar refractivity (Wildman–Crippen MR) is 82.6 cm³/mol. The van der Waals surface area contributed by atoms with Crippen LogP contribution in [0, 0.1) is 5.92 Å². The van der Waals surface area contributed by atoms with Gasteiger partial charge in [-0.2, -0.15) is 0 Å². The van der Waals surface area contributed by atoms with Crippen LogP contribution in [0.15, 0.2) is 29.2 Å². The third-order valence-electron chi connectivity index (χ3n) is 3.47. The minimum atomic E-state index is 0. The van der Waals surface area contributed by atoms with Crippen molar-refractivity contribution in [1.82, 2.24) is 5.32 Å². The fourth-order valence-corrected chi connectivity index (χ4v) is 2.74. The topological polar surface area (TPSA) is 55.1 Å². The Kier molecular flexibility index (Phi) is 6.69. The molecule has 3 nitrogen and oxygen atoms in total. The highest BCUT2D eigenvalue weighted by Gasteiger charge is 2.27. The van der Waals surface area contributed by atoms with Gasteiger partial charge in [0, 0.05) is 23.4 Å². The number of thioether (sulfide) groups is 1. The zero-order valence-corrected chi connectivity index (χ0v) is 12.7. The van der Waals surface area contributed by atoms with Gasteiger partial charge in [0.1, 0.15) is 0 Å². The zero-order chi connectivity index (χ0) is 13.0. The summed E-state index contributed by atoms with van der Waals surface area (Å²) in [6.45, 7) is 0.610. The number of carbonyl (C=O) groups excluding carboxylic acids is 1. The minimum absolute atomic E-state index is 0. The molecule has 0 saturated heterocycles. The Morgan fingerprint density at radius 3 is 2.58 bits per heavy atom. The van der Waals surface area contributed by atoms with E-state index in [9.17, 15) is 4.79 Å². The van der Waals surface area contributed by atoms with E-state index in [1.807, 2.05) is 0 Å². The van der Waals surface area contributed by atoms with Gasteiger partial charge in [0.2, 0.25) is 5.91 Å². The molecule has 1 aromatic rings. The molecular weight excluding hydrogens is 280 g/mol. The highest BCUT2D eigenvalue weighted by atomic mass is 35.5. The first-order valence-corrected chi connectivity index (χ1v) is 7.57. The number of hydrogen-bond donors (Lipinski definition) is 2. The molecule has 0 aliphatic heterocycles. The van der Waals surface area contributed by atoms with Crippen molar-refractivity contribution in [3.63, 3.8) is 0 Å². The van der Waals surface area contributed by atoms with Crippen molar-refractivity contribution < 1.29 is 4.79 Å². The largest absolute Gasteiger partial charge is 0.352 e. The number of nitrogens with two attached hydrogens (primary N) is 1. The second-order valence-corrected chi connectivity index (χ2v) is 5.72. The highest BCUT2D eigenvalue weighted by Crippen LogP contribution is 2.24. The Morgan fingerprint density at radius 2 is 2.05 bits per heavy atom. The number of amides is 1. The molecule has 0 bridgehead atoms. The van der Waals surface area contributed by atoms with E-state index in [0.29, 0.717) is 6.54 Å². The average Bonchev–Trinajstić information content (AvgIpc) is 2.83. The maximum absolute atomic E-state index is 11.9. The molecule has 1 fully saturated rings. The second kappa shape index (κ2) is 7.78. The Morgan fingerprint density at radius 1 is 1.37 bits per heavy atom. The van der Waals surface area contributed by atoms with Gasteiger partial charge in [-0.3, -0.25) is 4.79 Å². The minimum Gasteiger partial charge on any atom is -0.352 e. The van der Waals surface area contributed by atoms with E-state index in [2.05, 4.69) is 35.8 Å². The van der Waals surface area contributed by atoms with Crippen molar-refractivity contribution in [3.8, 4) is 0 Å². The van der Waals surface area contributed by atoms with Gasteiger partial charge in [0.25, 0.3) is 0 Å². The number of halogens is 1. The van der Waals surface area contributed by atoms with E-state index in [1.54, 1.807) is 11.8 Å². The number of carbonyl (C=O) groups is 1. The average molecular weight is 301 g/mol. The molecule has 0 aromatic heterocycles. The molecular formula is C14H21ClN2OS. The Bertz CT molecular complexity index is 410. The van der Waals surface area contributed by atoms with Crippen LogP contribution in [0.25, 0.3) is 0 Å². The van der Waals surface area contributed by atoms with Crippen LogP contribution in [-0.2, 0) is 11.3 Å². The van der Waals surface area contributed by atoms with Crippen molar-refractivity contribution in [3.05, 3.63) is 29.8 Å². The molecule has 1 aromatic carbocycles. The summed E-state index contributed by atoms with van der Waals surface area (Å²) in [6, 6.07) is 8.50. The summed E-state index contributed by atoms with van der Waals surface area (Å²) in [5.74, 6) is 0.266. The first kappa shape index (κ1) is 16.3. The monoisotopic (exact) mass is 300 g/mol. The number of rotatable bonds is 4. The van der Waals surface area contributed by atoms with Gasteiger partial charge >= 0.3 is 0 Å². The fraction of sp³-hybridized carbons (Fsp3) is 0.500.